The number of nitrogens with zero attached hydrogens (tertiary/aromatic N) is 2. The minimum absolute atomic E-state index is 0.252. The van der Waals surface area contributed by atoms with E-state index < -0.39 is 24.6 Å². The van der Waals surface area contributed by atoms with Gasteiger partial charge in [0.2, 0.25) is 0 Å². The topological polar surface area (TPSA) is 92.2 Å². The van der Waals surface area contributed by atoms with Crippen molar-refractivity contribution in [2.24, 2.45) is 0 Å². The maximum Gasteiger partial charge on any atom is 0.498 e. The number of aliphatic hydroxyl groups is 1. The number of aliphatic hydroxyl groups excluding tert-OH is 1. The van der Waals surface area contributed by atoms with Gasteiger partial charge in [-0.05, 0) is 42.3 Å². The average Bonchev–Trinajstić information content (AvgIpc) is 2.97. The molecule has 3 atom stereocenters. The lowest BCUT2D eigenvalue weighted by molar-refractivity contribution is -0.252. The van der Waals surface area contributed by atoms with Gasteiger partial charge in [-0.25, -0.2) is 0 Å². The maximum absolute atomic E-state index is 10.3. The van der Waals surface area contributed by atoms with Crippen LogP contribution in [0.2, 0.25) is 0 Å². The Morgan fingerprint density at radius 1 is 1.00 bits per heavy atom. The largest absolute Gasteiger partial charge is 0.498 e. The number of halogens is 1. The fraction of sp³-hybridized carbons (Fsp3) is 0.524. The molecule has 3 aliphatic heterocycles. The van der Waals surface area contributed by atoms with Gasteiger partial charge in [-0.1, -0.05) is 0 Å². The molecule has 164 valence electrons. The molecule has 5 heterocycles. The van der Waals surface area contributed by atoms with Gasteiger partial charge in [-0.3, -0.25) is 9.97 Å². The molecule has 0 aliphatic carbocycles. The summed E-state index contributed by atoms with van der Waals surface area (Å²) in [5.41, 5.74) is 3.55. The monoisotopic (exact) mass is 490 g/mol. The molecule has 2 aromatic heterocycles. The van der Waals surface area contributed by atoms with Gasteiger partial charge in [0.25, 0.3) is 0 Å². The van der Waals surface area contributed by atoms with Crippen LogP contribution in [-0.4, -0.2) is 46.8 Å². The third kappa shape index (κ3) is 3.64. The number of ether oxygens (including phenoxy) is 3. The molecule has 0 amide bonds. The predicted molar refractivity (Wildman–Crippen MR) is 114 cm³/mol. The van der Waals surface area contributed by atoms with Crippen molar-refractivity contribution >= 4 is 28.5 Å². The summed E-state index contributed by atoms with van der Waals surface area (Å²) in [6.07, 6.45) is 5.87. The predicted octanol–water partition coefficient (Wildman–Crippen LogP) is 2.33. The molecule has 5 rings (SSSR count). The second-order valence-corrected chi connectivity index (χ2v) is 9.52. The number of rotatable bonds is 3. The summed E-state index contributed by atoms with van der Waals surface area (Å²) in [6.45, 7) is 7.27. The number of aromatic nitrogens is 2. The fourth-order valence-corrected chi connectivity index (χ4v) is 4.68. The lowest BCUT2D eigenvalue weighted by Gasteiger charge is -2.40. The Hall–Kier alpha value is -1.40. The van der Waals surface area contributed by atoms with Gasteiger partial charge in [0.1, 0.15) is 17.8 Å². The zero-order valence-corrected chi connectivity index (χ0v) is 19.2. The van der Waals surface area contributed by atoms with Gasteiger partial charge in [-0.2, -0.15) is 0 Å². The van der Waals surface area contributed by atoms with Crippen LogP contribution in [0.25, 0.3) is 0 Å². The molecular weight excluding hydrogens is 467 g/mol. The first-order valence-electron chi connectivity index (χ1n) is 10.2. The molecule has 2 aromatic rings. The Labute approximate surface area is 189 Å². The van der Waals surface area contributed by atoms with Crippen LogP contribution in [0.5, 0.6) is 0 Å². The average molecular weight is 491 g/mol. The molecule has 31 heavy (non-hydrogen) atoms. The van der Waals surface area contributed by atoms with Crippen LogP contribution >= 0.6 is 15.9 Å². The summed E-state index contributed by atoms with van der Waals surface area (Å²) >= 11 is 3.54. The molecule has 0 saturated carbocycles. The molecule has 0 bridgehead atoms. The third-order valence-electron chi connectivity index (χ3n) is 6.35. The lowest BCUT2D eigenvalue weighted by Crippen LogP contribution is -2.48. The Morgan fingerprint density at radius 3 is 2.55 bits per heavy atom. The fourth-order valence-electron chi connectivity index (χ4n) is 4.21. The van der Waals surface area contributed by atoms with E-state index in [1.165, 1.54) is 0 Å². The Bertz CT molecular complexity index is 1010. The van der Waals surface area contributed by atoms with E-state index >= 15 is 0 Å². The summed E-state index contributed by atoms with van der Waals surface area (Å²) < 4.78 is 31.4. The van der Waals surface area contributed by atoms with Crippen molar-refractivity contribution < 1.29 is 28.6 Å². The van der Waals surface area contributed by atoms with Gasteiger partial charge in [0.15, 0.2) is 5.79 Å². The molecule has 0 aromatic carbocycles. The molecule has 1 N–H and O–H groups in total. The van der Waals surface area contributed by atoms with Crippen LogP contribution in [-0.2, 0) is 36.7 Å². The van der Waals surface area contributed by atoms with Gasteiger partial charge in [0, 0.05) is 51.4 Å². The Morgan fingerprint density at radius 2 is 1.71 bits per heavy atom. The third-order valence-corrected chi connectivity index (χ3v) is 7.04. The highest BCUT2D eigenvalue weighted by Crippen LogP contribution is 2.43. The van der Waals surface area contributed by atoms with E-state index in [0.717, 1.165) is 32.2 Å². The minimum Gasteiger partial charge on any atom is -0.397 e. The number of pyridine rings is 2. The van der Waals surface area contributed by atoms with Crippen molar-refractivity contribution in [3.8, 4) is 0 Å². The van der Waals surface area contributed by atoms with Crippen molar-refractivity contribution in [3.63, 3.8) is 0 Å². The molecule has 10 heteroatoms. The highest BCUT2D eigenvalue weighted by atomic mass is 79.9. The maximum atomic E-state index is 10.3. The molecule has 8 nitrogen and oxygen atoms in total. The lowest BCUT2D eigenvalue weighted by atomic mass is 9.75. The number of hydrogen-bond donors (Lipinski definition) is 1. The van der Waals surface area contributed by atoms with Crippen LogP contribution in [0.1, 0.15) is 55.2 Å². The Kier molecular flexibility index (Phi) is 5.45. The van der Waals surface area contributed by atoms with Gasteiger partial charge in [0.05, 0.1) is 26.4 Å². The number of fused-ring (bicyclic) bond motifs is 2. The van der Waals surface area contributed by atoms with Crippen molar-refractivity contribution in [1.82, 2.24) is 9.97 Å². The van der Waals surface area contributed by atoms with Gasteiger partial charge >= 0.3 is 7.12 Å². The molecule has 0 radical (unpaired) electrons. The molecule has 3 aliphatic rings. The van der Waals surface area contributed by atoms with E-state index in [1.807, 2.05) is 27.0 Å². The second kappa shape index (κ2) is 7.88. The summed E-state index contributed by atoms with van der Waals surface area (Å²) in [4.78, 5) is 8.59. The molecule has 0 spiro atoms. The van der Waals surface area contributed by atoms with Gasteiger partial charge < -0.3 is 28.6 Å². The smallest absolute Gasteiger partial charge is 0.397 e. The van der Waals surface area contributed by atoms with Crippen LogP contribution in [0, 0.1) is 0 Å². The summed E-state index contributed by atoms with van der Waals surface area (Å²) in [6, 6.07) is 0. The first-order chi connectivity index (χ1) is 14.8. The highest BCUT2D eigenvalue weighted by Gasteiger charge is 2.58. The van der Waals surface area contributed by atoms with E-state index in [1.54, 1.807) is 18.6 Å². The van der Waals surface area contributed by atoms with E-state index in [9.17, 15) is 5.11 Å². The first kappa shape index (κ1) is 21.5. The normalized spacial score (nSPS) is 29.5. The van der Waals surface area contributed by atoms with Crippen molar-refractivity contribution in [1.29, 1.82) is 0 Å². The van der Waals surface area contributed by atoms with Crippen LogP contribution in [0.15, 0.2) is 29.3 Å². The molecule has 2 unspecified atom stereocenters. The minimum atomic E-state index is -1.07. The highest BCUT2D eigenvalue weighted by molar-refractivity contribution is 9.10. The standard InChI is InChI=1S/C21H24BBrN2O6/c1-20(2)21(3,29-19-11-28-9-15-13(19)5-25-7-17(15)23)31-22(30-20)16-6-24-4-12-14(16)8-27-10-18(12)26/h4-7,18-19,26H,8-11H2,1-3H3/t18?,19?,21-/m0/s1. The van der Waals surface area contributed by atoms with Crippen molar-refractivity contribution in [3.05, 3.63) is 51.5 Å². The molecule has 1 fully saturated rings. The summed E-state index contributed by atoms with van der Waals surface area (Å²) in [5, 5.41) is 10.3. The molecule has 1 saturated heterocycles. The first-order valence-corrected chi connectivity index (χ1v) is 11.0. The van der Waals surface area contributed by atoms with E-state index in [2.05, 4.69) is 25.9 Å². The zero-order chi connectivity index (χ0) is 21.8. The zero-order valence-electron chi connectivity index (χ0n) is 17.6. The van der Waals surface area contributed by atoms with Crippen LogP contribution in [0.3, 0.4) is 0 Å². The van der Waals surface area contributed by atoms with Crippen molar-refractivity contribution in [2.45, 2.75) is 57.6 Å². The summed E-state index contributed by atoms with van der Waals surface area (Å²) in [5.74, 6) is -1.07. The van der Waals surface area contributed by atoms with E-state index in [-0.39, 0.29) is 12.7 Å². The SMILES string of the molecule is CC1(C)OB(c2cncc3c2COCC3O)O[C@]1(C)OC1COCc2c(Br)cncc21. The van der Waals surface area contributed by atoms with Crippen LogP contribution in [0.4, 0.5) is 0 Å². The van der Waals surface area contributed by atoms with Crippen molar-refractivity contribution in [2.75, 3.05) is 13.2 Å². The van der Waals surface area contributed by atoms with E-state index in [4.69, 9.17) is 23.5 Å². The van der Waals surface area contributed by atoms with E-state index in [0.29, 0.717) is 19.8 Å². The second-order valence-electron chi connectivity index (χ2n) is 8.66. The molecular formula is C21H24BBrN2O6. The van der Waals surface area contributed by atoms with Gasteiger partial charge in [-0.15, -0.1) is 0 Å². The quantitative estimate of drug-likeness (QED) is 0.655. The summed E-state index contributed by atoms with van der Waals surface area (Å²) in [7, 11) is -0.707. The number of hydrogen-bond acceptors (Lipinski definition) is 8. The Balaban J connectivity index is 1.45. The van der Waals surface area contributed by atoms with Crippen LogP contribution < -0.4 is 5.46 Å².